The van der Waals surface area contributed by atoms with Crippen molar-refractivity contribution in [3.05, 3.63) is 35.9 Å². The summed E-state index contributed by atoms with van der Waals surface area (Å²) in [6.07, 6.45) is -0.0204. The molecule has 3 N–H and O–H groups in total. The standard InChI is InChI=1S/C12H14N2O2/c13-8-6-9(15)10-11(14-16-12(8)10)7-4-2-1-3-5-7/h1-5,8-10,12,15H,6,13H2/t8-,9+,10+,12+/m1/s1. The molecule has 0 amide bonds. The monoisotopic (exact) mass is 218 g/mol. The first-order valence-electron chi connectivity index (χ1n) is 5.50. The minimum Gasteiger partial charge on any atom is -0.392 e. The Hall–Kier alpha value is -1.39. The van der Waals surface area contributed by atoms with Gasteiger partial charge in [-0.2, -0.15) is 0 Å². The minimum atomic E-state index is -0.443. The van der Waals surface area contributed by atoms with Crippen LogP contribution < -0.4 is 5.73 Å². The topological polar surface area (TPSA) is 67.8 Å². The Bertz CT molecular complexity index is 418. The summed E-state index contributed by atoms with van der Waals surface area (Å²) in [6.45, 7) is 0. The summed E-state index contributed by atoms with van der Waals surface area (Å²) in [6, 6.07) is 9.68. The number of fused-ring (bicyclic) bond motifs is 1. The molecule has 1 aliphatic heterocycles. The first kappa shape index (κ1) is 9.81. The maximum absolute atomic E-state index is 9.96. The molecule has 2 aliphatic rings. The second kappa shape index (κ2) is 3.57. The van der Waals surface area contributed by atoms with E-state index in [0.717, 1.165) is 11.3 Å². The molecule has 16 heavy (non-hydrogen) atoms. The summed E-state index contributed by atoms with van der Waals surface area (Å²) < 4.78 is 0. The van der Waals surface area contributed by atoms with Gasteiger partial charge in [0.2, 0.25) is 0 Å². The van der Waals surface area contributed by atoms with Crippen LogP contribution in [-0.2, 0) is 4.84 Å². The van der Waals surface area contributed by atoms with Gasteiger partial charge in [-0.15, -0.1) is 0 Å². The van der Waals surface area contributed by atoms with Crippen molar-refractivity contribution in [2.24, 2.45) is 16.8 Å². The van der Waals surface area contributed by atoms with E-state index < -0.39 is 6.10 Å². The summed E-state index contributed by atoms with van der Waals surface area (Å²) in [5.41, 5.74) is 7.72. The van der Waals surface area contributed by atoms with E-state index in [-0.39, 0.29) is 18.1 Å². The number of oxime groups is 1. The number of hydrogen-bond acceptors (Lipinski definition) is 4. The van der Waals surface area contributed by atoms with Crippen LogP contribution in [0.4, 0.5) is 0 Å². The normalized spacial score (nSPS) is 36.8. The lowest BCUT2D eigenvalue weighted by Gasteiger charge is -2.13. The Morgan fingerprint density at radius 2 is 2.06 bits per heavy atom. The van der Waals surface area contributed by atoms with Gasteiger partial charge in [0, 0.05) is 6.04 Å². The molecule has 0 unspecified atom stereocenters. The Labute approximate surface area is 93.7 Å². The number of rotatable bonds is 1. The summed E-state index contributed by atoms with van der Waals surface area (Å²) in [4.78, 5) is 5.33. The SMILES string of the molecule is N[C@@H]1C[C@H](O)[C@H]2C(c3ccccc3)=NO[C@H]21. The van der Waals surface area contributed by atoms with Gasteiger partial charge in [0.15, 0.2) is 6.10 Å². The van der Waals surface area contributed by atoms with Crippen LogP contribution >= 0.6 is 0 Å². The first-order chi connectivity index (χ1) is 7.77. The summed E-state index contributed by atoms with van der Waals surface area (Å²) in [5.74, 6) is -0.0719. The highest BCUT2D eigenvalue weighted by Crippen LogP contribution is 2.35. The third kappa shape index (κ3) is 1.34. The number of aliphatic hydroxyl groups excluding tert-OH is 1. The fourth-order valence-electron chi connectivity index (χ4n) is 2.56. The van der Waals surface area contributed by atoms with Crippen LogP contribution in [-0.4, -0.2) is 29.1 Å². The minimum absolute atomic E-state index is 0.0719. The van der Waals surface area contributed by atoms with Gasteiger partial charge in [-0.05, 0) is 12.0 Å². The largest absolute Gasteiger partial charge is 0.392 e. The van der Waals surface area contributed by atoms with E-state index in [1.807, 2.05) is 30.3 Å². The summed E-state index contributed by atoms with van der Waals surface area (Å²) in [5, 5.41) is 14.0. The second-order valence-corrected chi connectivity index (χ2v) is 4.41. The number of benzene rings is 1. The Kier molecular flexibility index (Phi) is 2.19. The number of aliphatic hydroxyl groups is 1. The number of hydrogen-bond donors (Lipinski definition) is 2. The molecule has 0 saturated heterocycles. The molecule has 1 fully saturated rings. The van der Waals surface area contributed by atoms with Gasteiger partial charge in [0.05, 0.1) is 17.7 Å². The smallest absolute Gasteiger partial charge is 0.153 e. The number of nitrogens with two attached hydrogens (primary N) is 1. The fourth-order valence-corrected chi connectivity index (χ4v) is 2.56. The van der Waals surface area contributed by atoms with E-state index in [4.69, 9.17) is 10.6 Å². The van der Waals surface area contributed by atoms with Crippen molar-refractivity contribution in [1.29, 1.82) is 0 Å². The zero-order valence-corrected chi connectivity index (χ0v) is 8.78. The van der Waals surface area contributed by atoms with E-state index in [2.05, 4.69) is 5.16 Å². The molecular weight excluding hydrogens is 204 g/mol. The quantitative estimate of drug-likeness (QED) is 0.721. The van der Waals surface area contributed by atoms with Gasteiger partial charge in [-0.1, -0.05) is 35.5 Å². The molecular formula is C12H14N2O2. The van der Waals surface area contributed by atoms with E-state index in [1.54, 1.807) is 0 Å². The van der Waals surface area contributed by atoms with Crippen LogP contribution in [0.3, 0.4) is 0 Å². The van der Waals surface area contributed by atoms with Crippen LogP contribution in [0.25, 0.3) is 0 Å². The van der Waals surface area contributed by atoms with Gasteiger partial charge in [-0.3, -0.25) is 0 Å². The van der Waals surface area contributed by atoms with Crippen molar-refractivity contribution >= 4 is 5.71 Å². The predicted octanol–water partition coefficient (Wildman–Crippen LogP) is 0.498. The number of nitrogens with zero attached hydrogens (tertiary/aromatic N) is 1. The maximum atomic E-state index is 9.96. The first-order valence-corrected chi connectivity index (χ1v) is 5.50. The Morgan fingerprint density at radius 3 is 2.81 bits per heavy atom. The Balaban J connectivity index is 1.94. The molecule has 3 rings (SSSR count). The van der Waals surface area contributed by atoms with Gasteiger partial charge in [0.25, 0.3) is 0 Å². The lowest BCUT2D eigenvalue weighted by Crippen LogP contribution is -2.34. The van der Waals surface area contributed by atoms with Gasteiger partial charge < -0.3 is 15.7 Å². The van der Waals surface area contributed by atoms with Crippen molar-refractivity contribution in [3.63, 3.8) is 0 Å². The highest BCUT2D eigenvalue weighted by atomic mass is 16.6. The molecule has 1 aromatic rings. The third-order valence-electron chi connectivity index (χ3n) is 3.36. The lowest BCUT2D eigenvalue weighted by atomic mass is 9.92. The molecule has 1 aliphatic carbocycles. The van der Waals surface area contributed by atoms with E-state index >= 15 is 0 Å². The second-order valence-electron chi connectivity index (χ2n) is 4.41. The lowest BCUT2D eigenvalue weighted by molar-refractivity contribution is 0.0508. The molecule has 0 radical (unpaired) electrons. The molecule has 84 valence electrons. The molecule has 1 heterocycles. The average Bonchev–Trinajstić information content (AvgIpc) is 2.84. The van der Waals surface area contributed by atoms with Gasteiger partial charge >= 0.3 is 0 Å². The van der Waals surface area contributed by atoms with Crippen LogP contribution in [0.2, 0.25) is 0 Å². The highest BCUT2D eigenvalue weighted by Gasteiger charge is 2.49. The summed E-state index contributed by atoms with van der Waals surface area (Å²) >= 11 is 0. The predicted molar refractivity (Wildman–Crippen MR) is 59.9 cm³/mol. The van der Waals surface area contributed by atoms with Crippen LogP contribution in [0.5, 0.6) is 0 Å². The van der Waals surface area contributed by atoms with E-state index in [9.17, 15) is 5.11 Å². The van der Waals surface area contributed by atoms with E-state index in [1.165, 1.54) is 0 Å². The molecule has 4 nitrogen and oxygen atoms in total. The maximum Gasteiger partial charge on any atom is 0.153 e. The van der Waals surface area contributed by atoms with Crippen molar-refractivity contribution in [2.75, 3.05) is 0 Å². The zero-order chi connectivity index (χ0) is 11.1. The zero-order valence-electron chi connectivity index (χ0n) is 8.78. The molecule has 1 saturated carbocycles. The highest BCUT2D eigenvalue weighted by molar-refractivity contribution is 6.03. The molecule has 0 aromatic heterocycles. The van der Waals surface area contributed by atoms with Gasteiger partial charge in [-0.25, -0.2) is 0 Å². The molecule has 1 aromatic carbocycles. The van der Waals surface area contributed by atoms with Crippen molar-refractivity contribution in [2.45, 2.75) is 24.7 Å². The average molecular weight is 218 g/mol. The van der Waals surface area contributed by atoms with E-state index in [0.29, 0.717) is 6.42 Å². The van der Waals surface area contributed by atoms with Crippen molar-refractivity contribution < 1.29 is 9.94 Å². The molecule has 0 bridgehead atoms. The Morgan fingerprint density at radius 1 is 1.31 bits per heavy atom. The fraction of sp³-hybridized carbons (Fsp3) is 0.417. The van der Waals surface area contributed by atoms with Crippen molar-refractivity contribution in [1.82, 2.24) is 0 Å². The van der Waals surface area contributed by atoms with Crippen molar-refractivity contribution in [3.8, 4) is 0 Å². The van der Waals surface area contributed by atoms with Crippen LogP contribution in [0.15, 0.2) is 35.5 Å². The van der Waals surface area contributed by atoms with Crippen LogP contribution in [0, 0.1) is 5.92 Å². The third-order valence-corrected chi connectivity index (χ3v) is 3.36. The van der Waals surface area contributed by atoms with Crippen LogP contribution in [0.1, 0.15) is 12.0 Å². The van der Waals surface area contributed by atoms with Gasteiger partial charge in [0.1, 0.15) is 0 Å². The molecule has 4 heteroatoms. The molecule has 0 spiro atoms. The summed E-state index contributed by atoms with van der Waals surface area (Å²) in [7, 11) is 0. The molecule has 4 atom stereocenters.